The molecule has 52 heavy (non-hydrogen) atoms. The number of anilines is 2. The lowest BCUT2D eigenvalue weighted by molar-refractivity contribution is -0.318. The van der Waals surface area contributed by atoms with Gasteiger partial charge >= 0.3 is 30.1 Å². The predicted molar refractivity (Wildman–Crippen MR) is 177 cm³/mol. The van der Waals surface area contributed by atoms with Crippen LogP contribution in [0.25, 0.3) is 0 Å². The molecule has 5 rings (SSSR count). The largest absolute Gasteiger partial charge is 0.463 e. The topological polar surface area (TPSA) is 164 Å². The minimum Gasteiger partial charge on any atom is -0.463 e. The lowest BCUT2D eigenvalue weighted by Gasteiger charge is -2.49. The van der Waals surface area contributed by atoms with E-state index in [9.17, 15) is 40.8 Å². The number of ether oxygens (including phenoxy) is 6. The molecule has 0 saturated carbocycles. The number of sulfonamides is 1. The van der Waals surface area contributed by atoms with E-state index in [1.54, 1.807) is 18.2 Å². The molecule has 284 valence electrons. The van der Waals surface area contributed by atoms with Crippen molar-refractivity contribution in [3.05, 3.63) is 52.5 Å². The molecule has 0 amide bonds. The van der Waals surface area contributed by atoms with Crippen LogP contribution < -0.4 is 9.21 Å². The van der Waals surface area contributed by atoms with Gasteiger partial charge in [0, 0.05) is 38.7 Å². The van der Waals surface area contributed by atoms with Crippen LogP contribution in [0.15, 0.2) is 51.8 Å². The van der Waals surface area contributed by atoms with Gasteiger partial charge in [0.25, 0.3) is 10.0 Å². The zero-order valence-electron chi connectivity index (χ0n) is 28.3. The Morgan fingerprint density at radius 1 is 0.885 bits per heavy atom. The van der Waals surface area contributed by atoms with Gasteiger partial charge in [0.2, 0.25) is 0 Å². The molecule has 3 aliphatic heterocycles. The van der Waals surface area contributed by atoms with Crippen LogP contribution >= 0.6 is 15.9 Å². The molecule has 1 unspecified atom stereocenters. The zero-order valence-corrected chi connectivity index (χ0v) is 30.7. The van der Waals surface area contributed by atoms with E-state index in [-0.39, 0.29) is 18.7 Å². The maximum atomic E-state index is 14.0. The van der Waals surface area contributed by atoms with Crippen LogP contribution in [0.5, 0.6) is 0 Å². The van der Waals surface area contributed by atoms with E-state index in [1.807, 2.05) is 4.90 Å². The van der Waals surface area contributed by atoms with Gasteiger partial charge in [-0.25, -0.2) is 8.42 Å². The Morgan fingerprint density at radius 2 is 1.54 bits per heavy atom. The molecule has 3 heterocycles. The van der Waals surface area contributed by atoms with Crippen molar-refractivity contribution in [3.8, 4) is 0 Å². The fourth-order valence-electron chi connectivity index (χ4n) is 6.53. The molecule has 19 heteroatoms. The van der Waals surface area contributed by atoms with Gasteiger partial charge in [0.1, 0.15) is 12.7 Å². The molecule has 2 aromatic rings. The smallest absolute Gasteiger partial charge is 0.416 e. The standard InChI is InChI=1S/C33H36BrF3N2O12S/c1-17(40)46-16-28-29(47-18(2)41)30(48-19(3)42)31(49-20(4)43)32(51-28)50-24-10-11-38-23(14-24)15-39(27-13-22(34)8-9-26(27)38)52(44,45)25-7-5-6-21(12-25)33(35,36)37/h5-9,12-13,23-24,28-32H,10-11,14-16H2,1-4H3/t23-,24?,28+,29+,30-,31+,32+/m0/s1. The maximum absolute atomic E-state index is 14.0. The van der Waals surface area contributed by atoms with Gasteiger partial charge in [-0.2, -0.15) is 13.2 Å². The Balaban J connectivity index is 1.46. The molecule has 14 nitrogen and oxygen atoms in total. The fourth-order valence-corrected chi connectivity index (χ4v) is 8.44. The molecule has 2 fully saturated rings. The van der Waals surface area contributed by atoms with E-state index in [0.717, 1.165) is 50.2 Å². The van der Waals surface area contributed by atoms with Crippen LogP contribution in [0.2, 0.25) is 0 Å². The minimum absolute atomic E-state index is 0.164. The number of piperidine rings is 1. The molecular weight excluding hydrogens is 785 g/mol. The fraction of sp³-hybridized carbons (Fsp3) is 0.515. The normalized spacial score (nSPS) is 26.0. The van der Waals surface area contributed by atoms with Crippen LogP contribution in [0.3, 0.4) is 0 Å². The summed E-state index contributed by atoms with van der Waals surface area (Å²) in [5.41, 5.74) is -0.319. The molecule has 0 bridgehead atoms. The lowest BCUT2D eigenvalue weighted by Crippen LogP contribution is -2.64. The van der Waals surface area contributed by atoms with E-state index in [2.05, 4.69) is 15.9 Å². The first-order valence-corrected chi connectivity index (χ1v) is 18.3. The first-order chi connectivity index (χ1) is 24.3. The lowest BCUT2D eigenvalue weighted by atomic mass is 9.95. The van der Waals surface area contributed by atoms with Gasteiger partial charge in [-0.1, -0.05) is 22.0 Å². The average Bonchev–Trinajstić information content (AvgIpc) is 3.05. The highest BCUT2D eigenvalue weighted by atomic mass is 79.9. The Morgan fingerprint density at radius 3 is 2.17 bits per heavy atom. The molecular formula is C33H36BrF3N2O12S. The minimum atomic E-state index is -4.77. The summed E-state index contributed by atoms with van der Waals surface area (Å²) in [7, 11) is -4.52. The van der Waals surface area contributed by atoms with E-state index in [0.29, 0.717) is 29.2 Å². The summed E-state index contributed by atoms with van der Waals surface area (Å²) < 4.78 is 104. The van der Waals surface area contributed by atoms with Crippen molar-refractivity contribution in [1.82, 2.24) is 0 Å². The highest BCUT2D eigenvalue weighted by Gasteiger charge is 2.54. The first kappa shape index (κ1) is 39.3. The van der Waals surface area contributed by atoms with Crippen molar-refractivity contribution in [1.29, 1.82) is 0 Å². The van der Waals surface area contributed by atoms with Gasteiger partial charge < -0.3 is 33.3 Å². The number of nitrogens with zero attached hydrogens (tertiary/aromatic N) is 2. The number of carbonyl (C=O) groups is 4. The number of fused-ring (bicyclic) bond motifs is 3. The molecule has 2 aromatic carbocycles. The number of rotatable bonds is 9. The van der Waals surface area contributed by atoms with Gasteiger partial charge in [0.05, 0.1) is 40.5 Å². The van der Waals surface area contributed by atoms with Crippen molar-refractivity contribution in [2.75, 3.05) is 28.9 Å². The van der Waals surface area contributed by atoms with Crippen molar-refractivity contribution >= 4 is 61.2 Å². The Hall–Kier alpha value is -3.94. The van der Waals surface area contributed by atoms with Crippen molar-refractivity contribution in [2.24, 2.45) is 0 Å². The molecule has 0 spiro atoms. The number of carbonyl (C=O) groups excluding carboxylic acids is 4. The number of hydrogen-bond donors (Lipinski definition) is 0. The van der Waals surface area contributed by atoms with Gasteiger partial charge in [0.15, 0.2) is 24.6 Å². The van der Waals surface area contributed by atoms with Gasteiger partial charge in [-0.05, 0) is 49.2 Å². The van der Waals surface area contributed by atoms with Gasteiger partial charge in [-0.3, -0.25) is 23.5 Å². The first-order valence-electron chi connectivity index (χ1n) is 16.1. The third-order valence-electron chi connectivity index (χ3n) is 8.58. The summed E-state index contributed by atoms with van der Waals surface area (Å²) >= 11 is 3.37. The van der Waals surface area contributed by atoms with Crippen LogP contribution in [0, 0.1) is 0 Å². The highest BCUT2D eigenvalue weighted by Crippen LogP contribution is 2.44. The summed E-state index contributed by atoms with van der Waals surface area (Å²) in [5, 5.41) is 0. The number of hydrogen-bond acceptors (Lipinski definition) is 13. The Kier molecular flexibility index (Phi) is 11.8. The number of alkyl halides is 3. The number of benzene rings is 2. The quantitative estimate of drug-likeness (QED) is 0.263. The molecule has 0 aliphatic carbocycles. The number of esters is 4. The van der Waals surface area contributed by atoms with Gasteiger partial charge in [-0.15, -0.1) is 0 Å². The van der Waals surface area contributed by atoms with E-state index >= 15 is 0 Å². The third-order valence-corrected chi connectivity index (χ3v) is 10.9. The van der Waals surface area contributed by atoms with Crippen molar-refractivity contribution in [3.63, 3.8) is 0 Å². The number of halogens is 4. The van der Waals surface area contributed by atoms with E-state index < -0.39 is 100.0 Å². The molecule has 2 saturated heterocycles. The monoisotopic (exact) mass is 820 g/mol. The summed E-state index contributed by atoms with van der Waals surface area (Å²) in [6, 6.07) is 7.97. The third kappa shape index (κ3) is 8.80. The Bertz CT molecular complexity index is 1810. The van der Waals surface area contributed by atoms with Crippen LogP contribution in [0.4, 0.5) is 24.5 Å². The van der Waals surface area contributed by atoms with Crippen molar-refractivity contribution in [2.45, 2.75) is 94.5 Å². The van der Waals surface area contributed by atoms with E-state index in [1.165, 1.54) is 0 Å². The molecule has 0 N–H and O–H groups in total. The summed E-state index contributed by atoms with van der Waals surface area (Å²) in [4.78, 5) is 49.7. The maximum Gasteiger partial charge on any atom is 0.416 e. The second-order valence-corrected chi connectivity index (χ2v) is 15.2. The molecule has 7 atom stereocenters. The predicted octanol–water partition coefficient (Wildman–Crippen LogP) is 4.11. The second kappa shape index (κ2) is 15.6. The SMILES string of the molecule is CC(=O)OC[C@H]1O[C@@H](OC2CCN3c4ccc(Br)cc4N(S(=O)(=O)c4cccc(C(F)(F)F)c4)C[C@@H]3C2)[C@H](OC(C)=O)[C@@H](OC(C)=O)[C@@H]1OC(C)=O. The highest BCUT2D eigenvalue weighted by molar-refractivity contribution is 9.10. The summed E-state index contributed by atoms with van der Waals surface area (Å²) in [6.07, 6.45) is -11.9. The van der Waals surface area contributed by atoms with Crippen LogP contribution in [0.1, 0.15) is 46.1 Å². The molecule has 3 aliphatic rings. The molecule has 0 aromatic heterocycles. The van der Waals surface area contributed by atoms with Crippen LogP contribution in [-0.2, 0) is 63.8 Å². The van der Waals surface area contributed by atoms with Crippen LogP contribution in [-0.4, -0.2) is 94.8 Å². The zero-order chi connectivity index (χ0) is 38.1. The average molecular weight is 822 g/mol. The summed E-state index contributed by atoms with van der Waals surface area (Å²) in [6.45, 7) is 4.16. The summed E-state index contributed by atoms with van der Waals surface area (Å²) in [5.74, 6) is -3.09. The second-order valence-electron chi connectivity index (χ2n) is 12.4. The van der Waals surface area contributed by atoms with E-state index in [4.69, 9.17) is 28.4 Å². The van der Waals surface area contributed by atoms with Crippen molar-refractivity contribution < 1.29 is 69.2 Å². The molecule has 0 radical (unpaired) electrons. The Labute approximate surface area is 305 Å².